The van der Waals surface area contributed by atoms with E-state index in [1.807, 2.05) is 86.0 Å². The fourth-order valence-corrected chi connectivity index (χ4v) is 5.43. The first-order chi connectivity index (χ1) is 18.4. The Bertz CT molecular complexity index is 1690. The predicted molar refractivity (Wildman–Crippen MR) is 147 cm³/mol. The molecule has 2 aromatic carbocycles. The van der Waals surface area contributed by atoms with Crippen molar-refractivity contribution in [3.63, 3.8) is 0 Å². The number of ether oxygens (including phenoxy) is 1. The van der Waals surface area contributed by atoms with E-state index in [-0.39, 0.29) is 0 Å². The number of thiophene rings is 1. The molecule has 5 aromatic rings. The van der Waals surface area contributed by atoms with Crippen LogP contribution >= 0.6 is 11.3 Å². The molecule has 190 valence electrons. The summed E-state index contributed by atoms with van der Waals surface area (Å²) in [5, 5.41) is 18.0. The number of para-hydroxylation sites is 1. The summed E-state index contributed by atoms with van der Waals surface area (Å²) >= 11 is 1.27. The fourth-order valence-electron chi connectivity index (χ4n) is 4.36. The lowest BCUT2D eigenvalue weighted by Crippen LogP contribution is -2.23. The number of carbonyl (C=O) groups is 2. The molecule has 0 spiro atoms. The van der Waals surface area contributed by atoms with Crippen molar-refractivity contribution in [2.24, 2.45) is 0 Å². The number of aryl methyl sites for hydroxylation is 1. The molecule has 0 aliphatic heterocycles. The fraction of sp³-hybridized carbons (Fsp3) is 0.172. The maximum atomic E-state index is 12.8. The lowest BCUT2D eigenvalue weighted by molar-refractivity contribution is -0.119. The largest absolute Gasteiger partial charge is 0.451 e. The van der Waals surface area contributed by atoms with Crippen LogP contribution in [-0.4, -0.2) is 32.8 Å². The summed E-state index contributed by atoms with van der Waals surface area (Å²) in [7, 11) is 0. The summed E-state index contributed by atoms with van der Waals surface area (Å²) in [6.07, 6.45) is 0. The van der Waals surface area contributed by atoms with Gasteiger partial charge >= 0.3 is 5.97 Å². The number of amides is 1. The monoisotopic (exact) mass is 523 g/mol. The molecule has 0 unspecified atom stereocenters. The first-order valence-corrected chi connectivity index (χ1v) is 12.8. The van der Waals surface area contributed by atoms with Crippen LogP contribution in [0.15, 0.2) is 66.7 Å². The van der Waals surface area contributed by atoms with Crippen LogP contribution in [0.3, 0.4) is 0 Å². The Morgan fingerprint density at radius 3 is 2.42 bits per heavy atom. The van der Waals surface area contributed by atoms with E-state index in [1.165, 1.54) is 11.3 Å². The molecule has 5 rings (SSSR count). The number of aromatic nitrogens is 3. The van der Waals surface area contributed by atoms with Gasteiger partial charge in [0.1, 0.15) is 21.6 Å². The van der Waals surface area contributed by atoms with Gasteiger partial charge in [0.25, 0.3) is 5.91 Å². The first-order valence-electron chi connectivity index (χ1n) is 12.0. The highest BCUT2D eigenvalue weighted by molar-refractivity contribution is 7.20. The molecule has 3 heterocycles. The van der Waals surface area contributed by atoms with Crippen LogP contribution in [0.1, 0.15) is 37.7 Å². The van der Waals surface area contributed by atoms with Crippen LogP contribution in [-0.2, 0) is 16.1 Å². The number of esters is 1. The average Bonchev–Trinajstić information content (AvgIpc) is 3.57. The molecule has 0 saturated carbocycles. The quantitative estimate of drug-likeness (QED) is 0.283. The Morgan fingerprint density at radius 1 is 1.05 bits per heavy atom. The van der Waals surface area contributed by atoms with Gasteiger partial charge in [-0.25, -0.2) is 9.48 Å². The third-order valence-corrected chi connectivity index (χ3v) is 7.55. The Balaban J connectivity index is 1.32. The molecule has 1 amide bonds. The van der Waals surface area contributed by atoms with Crippen LogP contribution in [0.25, 0.3) is 15.9 Å². The third-order valence-electron chi connectivity index (χ3n) is 6.46. The zero-order valence-corrected chi connectivity index (χ0v) is 22.0. The number of fused-ring (bicyclic) bond motifs is 1. The van der Waals surface area contributed by atoms with Crippen LogP contribution in [0, 0.1) is 32.1 Å². The maximum Gasteiger partial charge on any atom is 0.348 e. The Hall–Kier alpha value is -4.68. The minimum atomic E-state index is -0.590. The normalized spacial score (nSPS) is 10.9. The second-order valence-electron chi connectivity index (χ2n) is 8.90. The highest BCUT2D eigenvalue weighted by Gasteiger charge is 2.22. The molecule has 0 fully saturated rings. The van der Waals surface area contributed by atoms with E-state index >= 15 is 0 Å². The molecule has 0 atom stereocenters. The zero-order valence-electron chi connectivity index (χ0n) is 21.2. The second kappa shape index (κ2) is 10.4. The van der Waals surface area contributed by atoms with E-state index < -0.39 is 18.5 Å². The van der Waals surface area contributed by atoms with E-state index in [2.05, 4.69) is 16.5 Å². The summed E-state index contributed by atoms with van der Waals surface area (Å²) in [6, 6.07) is 23.4. The van der Waals surface area contributed by atoms with Crippen molar-refractivity contribution in [2.45, 2.75) is 27.3 Å². The lowest BCUT2D eigenvalue weighted by Gasteiger charge is -2.13. The van der Waals surface area contributed by atoms with Crippen molar-refractivity contribution in [1.29, 1.82) is 5.26 Å². The minimum absolute atomic E-state index is 0.384. The molecule has 1 N–H and O–H groups in total. The van der Waals surface area contributed by atoms with Gasteiger partial charge in [0.2, 0.25) is 0 Å². The topological polar surface area (TPSA) is 102 Å². The van der Waals surface area contributed by atoms with Gasteiger partial charge in [-0.1, -0.05) is 48.5 Å². The van der Waals surface area contributed by atoms with E-state index in [1.54, 1.807) is 10.7 Å². The molecule has 8 nitrogen and oxygen atoms in total. The van der Waals surface area contributed by atoms with Gasteiger partial charge in [-0.05, 0) is 50.1 Å². The van der Waals surface area contributed by atoms with Crippen molar-refractivity contribution in [2.75, 3.05) is 11.9 Å². The summed E-state index contributed by atoms with van der Waals surface area (Å²) < 4.78 is 9.05. The molecule has 0 saturated heterocycles. The van der Waals surface area contributed by atoms with Gasteiger partial charge in [-0.2, -0.15) is 10.4 Å². The zero-order chi connectivity index (χ0) is 26.8. The van der Waals surface area contributed by atoms with Crippen molar-refractivity contribution >= 4 is 39.2 Å². The molecule has 38 heavy (non-hydrogen) atoms. The third kappa shape index (κ3) is 4.69. The summed E-state index contributed by atoms with van der Waals surface area (Å²) in [4.78, 5) is 26.9. The molecule has 0 bridgehead atoms. The molecule has 0 aliphatic carbocycles. The van der Waals surface area contributed by atoms with Gasteiger partial charge in [0, 0.05) is 17.6 Å². The number of nitrogens with zero attached hydrogens (tertiary/aromatic N) is 4. The van der Waals surface area contributed by atoms with E-state index in [0.717, 1.165) is 38.4 Å². The van der Waals surface area contributed by atoms with Crippen LogP contribution < -0.4 is 5.32 Å². The van der Waals surface area contributed by atoms with Gasteiger partial charge in [0.15, 0.2) is 6.61 Å². The first kappa shape index (κ1) is 25.0. The molecular weight excluding hydrogens is 498 g/mol. The average molecular weight is 524 g/mol. The lowest BCUT2D eigenvalue weighted by atomic mass is 10.2. The van der Waals surface area contributed by atoms with Gasteiger partial charge < -0.3 is 14.6 Å². The number of nitriles is 1. The number of hydrogen-bond acceptors (Lipinski definition) is 6. The minimum Gasteiger partial charge on any atom is -0.451 e. The SMILES string of the molecule is Cc1c(C#N)c(NC(=O)COC(=O)c2cc3c(C)nn(-c4ccccc4)c3s2)n(Cc2ccccc2)c1C. The van der Waals surface area contributed by atoms with Gasteiger partial charge in [0.05, 0.1) is 16.9 Å². The smallest absolute Gasteiger partial charge is 0.348 e. The Labute approximate surface area is 223 Å². The van der Waals surface area contributed by atoms with Crippen molar-refractivity contribution in [3.8, 4) is 11.8 Å². The Kier molecular flexibility index (Phi) is 6.81. The number of rotatable bonds is 7. The maximum absolute atomic E-state index is 12.8. The molecule has 3 aromatic heterocycles. The van der Waals surface area contributed by atoms with E-state index in [4.69, 9.17) is 4.74 Å². The molecular formula is C29H25N5O3S. The van der Waals surface area contributed by atoms with Crippen LogP contribution in [0.5, 0.6) is 0 Å². The second-order valence-corrected chi connectivity index (χ2v) is 9.93. The summed E-state index contributed by atoms with van der Waals surface area (Å²) in [6.45, 7) is 5.67. The summed E-state index contributed by atoms with van der Waals surface area (Å²) in [5.41, 5.74) is 4.79. The standard InChI is InChI=1S/C29H25N5O3S/c1-18-20(3)33(16-21-10-6-4-7-11-21)27(24(18)15-30)31-26(35)17-37-29(36)25-14-23-19(2)32-34(28(23)38-25)22-12-8-5-9-13-22/h4-14H,16-17H2,1-3H3,(H,31,35). The predicted octanol–water partition coefficient (Wildman–Crippen LogP) is 5.53. The highest BCUT2D eigenvalue weighted by atomic mass is 32.1. The van der Waals surface area contributed by atoms with E-state index in [0.29, 0.717) is 22.8 Å². The summed E-state index contributed by atoms with van der Waals surface area (Å²) in [5.74, 6) is -0.713. The molecule has 0 radical (unpaired) electrons. The van der Waals surface area contributed by atoms with Crippen LogP contribution in [0.2, 0.25) is 0 Å². The van der Waals surface area contributed by atoms with E-state index in [9.17, 15) is 14.9 Å². The highest BCUT2D eigenvalue weighted by Crippen LogP contribution is 2.31. The molecule has 0 aliphatic rings. The van der Waals surface area contributed by atoms with Gasteiger partial charge in [-0.15, -0.1) is 11.3 Å². The van der Waals surface area contributed by atoms with Gasteiger partial charge in [-0.3, -0.25) is 4.79 Å². The Morgan fingerprint density at radius 2 is 1.74 bits per heavy atom. The van der Waals surface area contributed by atoms with Crippen LogP contribution in [0.4, 0.5) is 5.82 Å². The molecule has 9 heteroatoms. The number of benzene rings is 2. The van der Waals surface area contributed by atoms with Crippen molar-refractivity contribution in [1.82, 2.24) is 14.3 Å². The van der Waals surface area contributed by atoms with Crippen molar-refractivity contribution < 1.29 is 14.3 Å². The van der Waals surface area contributed by atoms with Crippen molar-refractivity contribution in [3.05, 3.63) is 99.7 Å². The number of anilines is 1. The number of nitrogens with one attached hydrogen (secondary N) is 1. The number of hydrogen-bond donors (Lipinski definition) is 1. The number of carbonyl (C=O) groups excluding carboxylic acids is 2.